The Balaban J connectivity index is 3.19. The highest BCUT2D eigenvalue weighted by molar-refractivity contribution is 7.91. The van der Waals surface area contributed by atoms with Crippen LogP contribution in [0.4, 0.5) is 0 Å². The average Bonchev–Trinajstić information content (AvgIpc) is 2.88. The van der Waals surface area contributed by atoms with Crippen LogP contribution in [0.1, 0.15) is 23.8 Å². The number of sulfonamides is 1. The van der Waals surface area contributed by atoms with Gasteiger partial charge in [-0.15, -0.1) is 11.3 Å². The molecule has 0 bridgehead atoms. The van der Waals surface area contributed by atoms with Gasteiger partial charge in [0.25, 0.3) is 10.0 Å². The molecule has 0 aliphatic heterocycles. The zero-order valence-corrected chi connectivity index (χ0v) is 12.5. The summed E-state index contributed by atoms with van der Waals surface area (Å²) < 4.78 is 29.7. The number of hydrogen-bond donors (Lipinski definition) is 1. The fraction of sp³-hybridized carbons (Fsp3) is 0.500. The van der Waals surface area contributed by atoms with Crippen LogP contribution in [0, 0.1) is 0 Å². The summed E-state index contributed by atoms with van der Waals surface area (Å²) in [6.45, 7) is 1.35. The molecule has 10 heteroatoms. The number of ether oxygens (including phenoxy) is 1. The second-order valence-electron chi connectivity index (χ2n) is 3.71. The topological polar surface area (TPSA) is 114 Å². The molecule has 20 heavy (non-hydrogen) atoms. The Bertz CT molecular complexity index is 595. The van der Waals surface area contributed by atoms with Gasteiger partial charge in [-0.05, 0) is 6.42 Å². The normalized spacial score (nSPS) is 11.6. The van der Waals surface area contributed by atoms with E-state index in [0.29, 0.717) is 17.8 Å². The Morgan fingerprint density at radius 2 is 2.15 bits per heavy atom. The van der Waals surface area contributed by atoms with Crippen LogP contribution >= 0.6 is 11.3 Å². The Hall–Kier alpha value is -1.52. The molecule has 0 aliphatic carbocycles. The standard InChI is InChI=1S/C10H14N2O6S2/c1-3-4-12(5-7(13)18-2)20(16,17)10-8(9(14)15)11-6-19-10/h6H,3-5H2,1-2H3,(H,14,15). The summed E-state index contributed by atoms with van der Waals surface area (Å²) in [7, 11) is -2.95. The molecule has 0 atom stereocenters. The first-order valence-corrected chi connectivity index (χ1v) is 7.90. The monoisotopic (exact) mass is 322 g/mol. The maximum absolute atomic E-state index is 12.4. The number of thiazole rings is 1. The lowest BCUT2D eigenvalue weighted by Gasteiger charge is -2.19. The number of nitrogens with zero attached hydrogens (tertiary/aromatic N) is 2. The van der Waals surface area contributed by atoms with E-state index in [9.17, 15) is 18.0 Å². The number of rotatable bonds is 7. The molecule has 0 aromatic carbocycles. The number of aromatic carboxylic acids is 1. The minimum atomic E-state index is -4.09. The molecule has 0 saturated heterocycles. The molecule has 8 nitrogen and oxygen atoms in total. The Kier molecular flexibility index (Phi) is 5.60. The van der Waals surface area contributed by atoms with E-state index in [-0.39, 0.29) is 10.8 Å². The van der Waals surface area contributed by atoms with Gasteiger partial charge in [-0.2, -0.15) is 4.31 Å². The van der Waals surface area contributed by atoms with Crippen molar-refractivity contribution in [2.75, 3.05) is 20.2 Å². The number of carboxylic acids is 1. The molecule has 1 aromatic rings. The number of carbonyl (C=O) groups is 2. The van der Waals surface area contributed by atoms with Crippen molar-refractivity contribution < 1.29 is 27.9 Å². The van der Waals surface area contributed by atoms with E-state index in [4.69, 9.17) is 5.11 Å². The summed E-state index contributed by atoms with van der Waals surface area (Å²) in [5, 5.41) is 8.93. The molecule has 112 valence electrons. The second kappa shape index (κ2) is 6.77. The lowest BCUT2D eigenvalue weighted by atomic mass is 10.5. The third-order valence-electron chi connectivity index (χ3n) is 2.32. The fourth-order valence-electron chi connectivity index (χ4n) is 1.42. The van der Waals surface area contributed by atoms with E-state index < -0.39 is 34.2 Å². The molecule has 1 heterocycles. The number of hydrogen-bond acceptors (Lipinski definition) is 7. The van der Waals surface area contributed by atoms with Crippen LogP contribution in [0.5, 0.6) is 0 Å². The number of carboxylic acid groups (broad SMARTS) is 1. The Morgan fingerprint density at radius 3 is 2.65 bits per heavy atom. The van der Waals surface area contributed by atoms with Gasteiger partial charge in [-0.25, -0.2) is 18.2 Å². The zero-order valence-electron chi connectivity index (χ0n) is 10.9. The van der Waals surface area contributed by atoms with Crippen LogP contribution < -0.4 is 0 Å². The number of esters is 1. The van der Waals surface area contributed by atoms with E-state index in [1.54, 1.807) is 6.92 Å². The summed E-state index contributed by atoms with van der Waals surface area (Å²) in [5.41, 5.74) is 0.597. The van der Waals surface area contributed by atoms with Crippen molar-refractivity contribution in [3.63, 3.8) is 0 Å². The molecule has 0 fully saturated rings. The maximum atomic E-state index is 12.4. The lowest BCUT2D eigenvalue weighted by Crippen LogP contribution is -2.37. The van der Waals surface area contributed by atoms with Crippen molar-refractivity contribution in [3.8, 4) is 0 Å². The summed E-state index contributed by atoms with van der Waals surface area (Å²) in [6.07, 6.45) is 0.470. The van der Waals surface area contributed by atoms with Crippen LogP contribution in [-0.2, 0) is 19.6 Å². The van der Waals surface area contributed by atoms with E-state index >= 15 is 0 Å². The highest BCUT2D eigenvalue weighted by atomic mass is 32.2. The van der Waals surface area contributed by atoms with Crippen molar-refractivity contribution in [3.05, 3.63) is 11.2 Å². The van der Waals surface area contributed by atoms with Crippen LogP contribution in [0.2, 0.25) is 0 Å². The van der Waals surface area contributed by atoms with Crippen molar-refractivity contribution in [1.29, 1.82) is 0 Å². The maximum Gasteiger partial charge on any atom is 0.356 e. The minimum Gasteiger partial charge on any atom is -0.476 e. The summed E-state index contributed by atoms with van der Waals surface area (Å²) in [4.78, 5) is 25.8. The number of methoxy groups -OCH3 is 1. The second-order valence-corrected chi connectivity index (χ2v) is 6.70. The van der Waals surface area contributed by atoms with Crippen molar-refractivity contribution in [2.24, 2.45) is 0 Å². The van der Waals surface area contributed by atoms with Crippen LogP contribution in [0.3, 0.4) is 0 Å². The molecular formula is C10H14N2O6S2. The first kappa shape index (κ1) is 16.5. The van der Waals surface area contributed by atoms with Gasteiger partial charge >= 0.3 is 11.9 Å². The van der Waals surface area contributed by atoms with Gasteiger partial charge < -0.3 is 9.84 Å². The molecular weight excluding hydrogens is 308 g/mol. The Morgan fingerprint density at radius 1 is 1.50 bits per heavy atom. The van der Waals surface area contributed by atoms with Crippen molar-refractivity contribution in [2.45, 2.75) is 17.6 Å². The number of carbonyl (C=O) groups excluding carboxylic acids is 1. The largest absolute Gasteiger partial charge is 0.476 e. The van der Waals surface area contributed by atoms with Gasteiger partial charge in [0.2, 0.25) is 0 Å². The molecule has 0 unspecified atom stereocenters. The molecule has 0 amide bonds. The summed E-state index contributed by atoms with van der Waals surface area (Å²) in [5.74, 6) is -2.15. The van der Waals surface area contributed by atoms with Crippen LogP contribution in [0.15, 0.2) is 9.72 Å². The van der Waals surface area contributed by atoms with Gasteiger partial charge in [0.15, 0.2) is 9.90 Å². The molecule has 0 aliphatic rings. The quantitative estimate of drug-likeness (QED) is 0.723. The molecule has 0 saturated carbocycles. The van der Waals surface area contributed by atoms with E-state index in [1.165, 1.54) is 0 Å². The summed E-state index contributed by atoms with van der Waals surface area (Å²) >= 11 is 0.700. The third kappa shape index (κ3) is 3.52. The van der Waals surface area contributed by atoms with Gasteiger partial charge in [-0.3, -0.25) is 4.79 Å². The van der Waals surface area contributed by atoms with Gasteiger partial charge in [0.1, 0.15) is 6.54 Å². The predicted molar refractivity (Wildman–Crippen MR) is 70.1 cm³/mol. The average molecular weight is 322 g/mol. The van der Waals surface area contributed by atoms with Gasteiger partial charge in [0, 0.05) is 6.54 Å². The SMILES string of the molecule is CCCN(CC(=O)OC)S(=O)(=O)c1scnc1C(=O)O. The van der Waals surface area contributed by atoms with Gasteiger partial charge in [0.05, 0.1) is 12.6 Å². The minimum absolute atomic E-state index is 0.0778. The Labute approximate surface area is 120 Å². The van der Waals surface area contributed by atoms with Crippen LogP contribution in [-0.4, -0.2) is 55.0 Å². The highest BCUT2D eigenvalue weighted by Gasteiger charge is 2.32. The smallest absolute Gasteiger partial charge is 0.356 e. The molecule has 0 radical (unpaired) electrons. The molecule has 1 rings (SSSR count). The molecule has 0 spiro atoms. The predicted octanol–water partition coefficient (Wildman–Crippen LogP) is 0.415. The van der Waals surface area contributed by atoms with E-state index in [0.717, 1.165) is 16.9 Å². The summed E-state index contributed by atoms with van der Waals surface area (Å²) in [6, 6.07) is 0. The van der Waals surface area contributed by atoms with Crippen molar-refractivity contribution >= 4 is 33.3 Å². The fourth-order valence-corrected chi connectivity index (χ4v) is 4.17. The lowest BCUT2D eigenvalue weighted by molar-refractivity contribution is -0.140. The van der Waals surface area contributed by atoms with E-state index in [2.05, 4.69) is 9.72 Å². The van der Waals surface area contributed by atoms with Crippen LogP contribution in [0.25, 0.3) is 0 Å². The highest BCUT2D eigenvalue weighted by Crippen LogP contribution is 2.24. The molecule has 1 aromatic heterocycles. The zero-order chi connectivity index (χ0) is 15.3. The third-order valence-corrected chi connectivity index (χ3v) is 5.51. The first-order chi connectivity index (χ1) is 9.34. The molecule has 1 N–H and O–H groups in total. The number of aromatic nitrogens is 1. The van der Waals surface area contributed by atoms with Crippen molar-refractivity contribution in [1.82, 2.24) is 9.29 Å². The first-order valence-electron chi connectivity index (χ1n) is 5.58. The van der Waals surface area contributed by atoms with E-state index in [1.807, 2.05) is 0 Å². The van der Waals surface area contributed by atoms with Gasteiger partial charge in [-0.1, -0.05) is 6.92 Å².